The van der Waals surface area contributed by atoms with E-state index >= 15 is 0 Å². The van der Waals surface area contributed by atoms with Gasteiger partial charge in [-0.1, -0.05) is 19.8 Å². The van der Waals surface area contributed by atoms with Crippen LogP contribution in [0.4, 0.5) is 0 Å². The van der Waals surface area contributed by atoms with Crippen LogP contribution in [0.2, 0.25) is 0 Å². The van der Waals surface area contributed by atoms with Crippen molar-refractivity contribution in [2.24, 2.45) is 5.92 Å². The number of carboxylic acids is 1. The fraction of sp³-hybridized carbons (Fsp3) is 0.600. The summed E-state index contributed by atoms with van der Waals surface area (Å²) in [4.78, 5) is 25.0. The van der Waals surface area contributed by atoms with Crippen LogP contribution in [-0.2, 0) is 4.79 Å². The minimum Gasteiger partial charge on any atom is -0.494 e. The molecule has 138 valence electrons. The summed E-state index contributed by atoms with van der Waals surface area (Å²) in [6, 6.07) is 6.80. The second-order valence-electron chi connectivity index (χ2n) is 6.83. The second-order valence-corrected chi connectivity index (χ2v) is 6.83. The standard InChI is InChI=1S/C20H29NO4/c1-3-6-19(22)21(2)18-8-5-4-7-15(18)13-14-25-17-11-9-16(10-12-17)20(23)24/h9-12,15,18H,3-8,13-14H2,1-2H3,(H,23,24). The molecule has 0 saturated heterocycles. The molecule has 5 nitrogen and oxygen atoms in total. The number of hydrogen-bond donors (Lipinski definition) is 1. The van der Waals surface area contributed by atoms with Crippen molar-refractivity contribution in [2.75, 3.05) is 13.7 Å². The lowest BCUT2D eigenvalue weighted by Gasteiger charge is -2.38. The average Bonchev–Trinajstić information content (AvgIpc) is 2.62. The van der Waals surface area contributed by atoms with Crippen LogP contribution >= 0.6 is 0 Å². The van der Waals surface area contributed by atoms with Gasteiger partial charge >= 0.3 is 5.97 Å². The van der Waals surface area contributed by atoms with Gasteiger partial charge in [-0.3, -0.25) is 4.79 Å². The topological polar surface area (TPSA) is 66.8 Å². The summed E-state index contributed by atoms with van der Waals surface area (Å²) in [6.45, 7) is 2.62. The van der Waals surface area contributed by atoms with Gasteiger partial charge in [0.05, 0.1) is 12.2 Å². The van der Waals surface area contributed by atoms with Gasteiger partial charge in [-0.2, -0.15) is 0 Å². The molecule has 1 aromatic carbocycles. The average molecular weight is 347 g/mol. The van der Waals surface area contributed by atoms with Gasteiger partial charge in [-0.05, 0) is 55.9 Å². The predicted octanol–water partition coefficient (Wildman–Crippen LogP) is 3.97. The van der Waals surface area contributed by atoms with Crippen LogP contribution in [0, 0.1) is 5.92 Å². The molecule has 0 radical (unpaired) electrons. The molecule has 1 fully saturated rings. The van der Waals surface area contributed by atoms with Gasteiger partial charge in [0.1, 0.15) is 5.75 Å². The monoisotopic (exact) mass is 347 g/mol. The zero-order valence-electron chi connectivity index (χ0n) is 15.2. The first-order valence-electron chi connectivity index (χ1n) is 9.24. The lowest BCUT2D eigenvalue weighted by atomic mass is 9.81. The molecule has 1 aliphatic rings. The van der Waals surface area contributed by atoms with E-state index in [2.05, 4.69) is 0 Å². The Bertz CT molecular complexity index is 570. The number of hydrogen-bond acceptors (Lipinski definition) is 3. The van der Waals surface area contributed by atoms with Gasteiger partial charge in [-0.25, -0.2) is 4.79 Å². The van der Waals surface area contributed by atoms with Crippen molar-refractivity contribution < 1.29 is 19.4 Å². The molecule has 2 rings (SSSR count). The zero-order chi connectivity index (χ0) is 18.2. The third-order valence-electron chi connectivity index (χ3n) is 5.08. The van der Waals surface area contributed by atoms with E-state index in [9.17, 15) is 9.59 Å². The summed E-state index contributed by atoms with van der Waals surface area (Å²) in [6.07, 6.45) is 7.02. The molecular weight excluding hydrogens is 318 g/mol. The van der Waals surface area contributed by atoms with Gasteiger partial charge in [0.15, 0.2) is 0 Å². The Morgan fingerprint density at radius 3 is 2.52 bits per heavy atom. The van der Waals surface area contributed by atoms with E-state index in [1.165, 1.54) is 12.8 Å². The molecule has 1 saturated carbocycles. The van der Waals surface area contributed by atoms with Crippen LogP contribution in [0.3, 0.4) is 0 Å². The molecule has 0 heterocycles. The molecular formula is C20H29NO4. The maximum Gasteiger partial charge on any atom is 0.335 e. The van der Waals surface area contributed by atoms with Gasteiger partial charge in [0.25, 0.3) is 0 Å². The van der Waals surface area contributed by atoms with Gasteiger partial charge < -0.3 is 14.7 Å². The number of carboxylic acid groups (broad SMARTS) is 1. The Balaban J connectivity index is 1.86. The molecule has 2 unspecified atom stereocenters. The summed E-state index contributed by atoms with van der Waals surface area (Å²) in [5.74, 6) is 0.464. The first kappa shape index (κ1) is 19.3. The summed E-state index contributed by atoms with van der Waals surface area (Å²) in [5, 5.41) is 8.91. The highest BCUT2D eigenvalue weighted by atomic mass is 16.5. The molecule has 25 heavy (non-hydrogen) atoms. The number of carbonyl (C=O) groups excluding carboxylic acids is 1. The maximum absolute atomic E-state index is 12.2. The Morgan fingerprint density at radius 1 is 1.20 bits per heavy atom. The number of aromatic carboxylic acids is 1. The number of carbonyl (C=O) groups is 2. The maximum atomic E-state index is 12.2. The van der Waals surface area contributed by atoms with Crippen LogP contribution in [0.1, 0.15) is 62.2 Å². The van der Waals surface area contributed by atoms with Gasteiger partial charge in [0, 0.05) is 19.5 Å². The number of benzene rings is 1. The number of nitrogens with zero attached hydrogens (tertiary/aromatic N) is 1. The zero-order valence-corrected chi connectivity index (χ0v) is 15.2. The van der Waals surface area contributed by atoms with E-state index in [0.717, 1.165) is 25.7 Å². The van der Waals surface area contributed by atoms with Crippen molar-refractivity contribution in [2.45, 2.75) is 57.9 Å². The fourth-order valence-electron chi connectivity index (χ4n) is 3.63. The molecule has 1 aliphatic carbocycles. The molecule has 0 aliphatic heterocycles. The minimum atomic E-state index is -0.934. The van der Waals surface area contributed by atoms with Crippen LogP contribution in [-0.4, -0.2) is 41.6 Å². The van der Waals surface area contributed by atoms with Crippen LogP contribution in [0.15, 0.2) is 24.3 Å². The predicted molar refractivity (Wildman–Crippen MR) is 96.9 cm³/mol. The fourth-order valence-corrected chi connectivity index (χ4v) is 3.63. The minimum absolute atomic E-state index is 0.240. The Hall–Kier alpha value is -2.04. The van der Waals surface area contributed by atoms with Crippen molar-refractivity contribution in [1.29, 1.82) is 0 Å². The highest BCUT2D eigenvalue weighted by Gasteiger charge is 2.30. The van der Waals surface area contributed by atoms with Crippen LogP contribution < -0.4 is 4.74 Å². The SMILES string of the molecule is CCCC(=O)N(C)C1CCCCC1CCOc1ccc(C(=O)O)cc1. The molecule has 1 N–H and O–H groups in total. The largest absolute Gasteiger partial charge is 0.494 e. The lowest BCUT2D eigenvalue weighted by molar-refractivity contribution is -0.133. The highest BCUT2D eigenvalue weighted by Crippen LogP contribution is 2.31. The number of rotatable bonds is 8. The lowest BCUT2D eigenvalue weighted by Crippen LogP contribution is -2.43. The second kappa shape index (κ2) is 9.44. The Morgan fingerprint density at radius 2 is 1.88 bits per heavy atom. The Labute approximate surface area is 150 Å². The highest BCUT2D eigenvalue weighted by molar-refractivity contribution is 5.87. The molecule has 1 aromatic rings. The summed E-state index contributed by atoms with van der Waals surface area (Å²) < 4.78 is 5.78. The Kier molecular flexibility index (Phi) is 7.29. The molecule has 0 spiro atoms. The molecule has 1 amide bonds. The quantitative estimate of drug-likeness (QED) is 0.772. The van der Waals surface area contributed by atoms with Crippen LogP contribution in [0.25, 0.3) is 0 Å². The normalized spacial score (nSPS) is 20.1. The van der Waals surface area contributed by atoms with Crippen molar-refractivity contribution >= 4 is 11.9 Å². The number of ether oxygens (including phenoxy) is 1. The first-order valence-corrected chi connectivity index (χ1v) is 9.24. The molecule has 0 bridgehead atoms. The van der Waals surface area contributed by atoms with Gasteiger partial charge in [0.2, 0.25) is 5.91 Å². The van der Waals surface area contributed by atoms with Crippen molar-refractivity contribution in [1.82, 2.24) is 4.90 Å². The van der Waals surface area contributed by atoms with E-state index in [-0.39, 0.29) is 11.5 Å². The summed E-state index contributed by atoms with van der Waals surface area (Å²) >= 11 is 0. The van der Waals surface area contributed by atoms with E-state index in [1.807, 2.05) is 18.9 Å². The smallest absolute Gasteiger partial charge is 0.335 e. The van der Waals surface area contributed by atoms with Crippen molar-refractivity contribution in [3.63, 3.8) is 0 Å². The summed E-state index contributed by atoms with van der Waals surface area (Å²) in [7, 11) is 1.94. The summed E-state index contributed by atoms with van der Waals surface area (Å²) in [5.41, 5.74) is 0.260. The third kappa shape index (κ3) is 5.48. The van der Waals surface area contributed by atoms with E-state index in [4.69, 9.17) is 9.84 Å². The van der Waals surface area contributed by atoms with Crippen molar-refractivity contribution in [3.05, 3.63) is 29.8 Å². The van der Waals surface area contributed by atoms with E-state index < -0.39 is 5.97 Å². The van der Waals surface area contributed by atoms with Crippen LogP contribution in [0.5, 0.6) is 5.75 Å². The molecule has 0 aromatic heterocycles. The number of amides is 1. The van der Waals surface area contributed by atoms with E-state index in [0.29, 0.717) is 30.7 Å². The van der Waals surface area contributed by atoms with E-state index in [1.54, 1.807) is 24.3 Å². The molecule has 5 heteroatoms. The van der Waals surface area contributed by atoms with Gasteiger partial charge in [-0.15, -0.1) is 0 Å². The van der Waals surface area contributed by atoms with Crippen molar-refractivity contribution in [3.8, 4) is 5.75 Å². The first-order chi connectivity index (χ1) is 12.0. The molecule has 2 atom stereocenters. The third-order valence-corrected chi connectivity index (χ3v) is 5.08.